The summed E-state index contributed by atoms with van der Waals surface area (Å²) >= 11 is 0. The molecule has 0 spiro atoms. The van der Waals surface area contributed by atoms with E-state index >= 15 is 0 Å². The summed E-state index contributed by atoms with van der Waals surface area (Å²) in [6, 6.07) is 12.3. The largest absolute Gasteiger partial charge is 0.497 e. The minimum Gasteiger partial charge on any atom is -0.497 e. The standard InChI is InChI=1S/C25H26N4O6/c1-15-18(14-26)24(30)29(11-10-16-6-9-20(33-3)22(12-16)35-5)25(31)23(15)28-27-19-8-7-17(32-2)13-21(19)34-4/h6-9,12-13,30H,10-11H2,1-5H3. The first-order valence-corrected chi connectivity index (χ1v) is 10.6. The Hall–Kier alpha value is -4.52. The van der Waals surface area contributed by atoms with Crippen LogP contribution in [0.5, 0.6) is 28.9 Å². The van der Waals surface area contributed by atoms with Crippen LogP contribution in [-0.4, -0.2) is 38.1 Å². The number of azo groups is 1. The van der Waals surface area contributed by atoms with Gasteiger partial charge in [0, 0.05) is 18.2 Å². The molecule has 1 aromatic heterocycles. The first-order valence-electron chi connectivity index (χ1n) is 10.6. The molecule has 1 N–H and O–H groups in total. The molecule has 10 heteroatoms. The van der Waals surface area contributed by atoms with Crippen molar-refractivity contribution in [1.29, 1.82) is 5.26 Å². The average molecular weight is 479 g/mol. The number of pyridine rings is 1. The van der Waals surface area contributed by atoms with Crippen molar-refractivity contribution in [2.75, 3.05) is 28.4 Å². The van der Waals surface area contributed by atoms with E-state index in [9.17, 15) is 15.2 Å². The highest BCUT2D eigenvalue weighted by molar-refractivity contribution is 5.58. The van der Waals surface area contributed by atoms with Gasteiger partial charge >= 0.3 is 0 Å². The normalized spacial score (nSPS) is 10.7. The predicted octanol–water partition coefficient (Wildman–Crippen LogP) is 4.43. The molecule has 0 aliphatic heterocycles. The van der Waals surface area contributed by atoms with Gasteiger partial charge in [0.2, 0.25) is 5.88 Å². The second-order valence-electron chi connectivity index (χ2n) is 7.42. The van der Waals surface area contributed by atoms with E-state index in [0.29, 0.717) is 35.1 Å². The van der Waals surface area contributed by atoms with E-state index in [2.05, 4.69) is 10.2 Å². The Morgan fingerprint density at radius 3 is 2.29 bits per heavy atom. The summed E-state index contributed by atoms with van der Waals surface area (Å²) in [6.07, 6.45) is 0.380. The van der Waals surface area contributed by atoms with E-state index < -0.39 is 11.4 Å². The van der Waals surface area contributed by atoms with Crippen LogP contribution in [0.3, 0.4) is 0 Å². The lowest BCUT2D eigenvalue weighted by Crippen LogP contribution is -2.23. The molecular formula is C25H26N4O6. The minimum absolute atomic E-state index is 0.0486. The lowest BCUT2D eigenvalue weighted by Gasteiger charge is -2.14. The third-order valence-electron chi connectivity index (χ3n) is 5.49. The SMILES string of the molecule is COc1ccc(N=Nc2c(C)c(C#N)c(O)n(CCc3ccc(OC)c(OC)c3)c2=O)c(OC)c1. The number of hydrogen-bond donors (Lipinski definition) is 1. The van der Waals surface area contributed by atoms with Gasteiger partial charge in [-0.1, -0.05) is 6.07 Å². The zero-order valence-corrected chi connectivity index (χ0v) is 20.2. The number of aromatic nitrogens is 1. The predicted molar refractivity (Wildman–Crippen MR) is 129 cm³/mol. The Bertz CT molecular complexity index is 1360. The van der Waals surface area contributed by atoms with Crippen molar-refractivity contribution in [3.63, 3.8) is 0 Å². The maximum atomic E-state index is 13.2. The number of hydrogen-bond acceptors (Lipinski definition) is 9. The van der Waals surface area contributed by atoms with E-state index in [1.54, 1.807) is 37.4 Å². The summed E-state index contributed by atoms with van der Waals surface area (Å²) in [7, 11) is 6.09. The van der Waals surface area contributed by atoms with Crippen LogP contribution in [0.15, 0.2) is 51.4 Å². The molecule has 0 fully saturated rings. The molecule has 0 aliphatic rings. The van der Waals surface area contributed by atoms with Gasteiger partial charge < -0.3 is 24.1 Å². The molecule has 0 aliphatic carbocycles. The average Bonchev–Trinajstić information content (AvgIpc) is 2.88. The molecule has 0 saturated carbocycles. The molecule has 1 heterocycles. The van der Waals surface area contributed by atoms with Crippen LogP contribution in [0.25, 0.3) is 0 Å². The number of ether oxygens (including phenoxy) is 4. The number of nitriles is 1. The highest BCUT2D eigenvalue weighted by Crippen LogP contribution is 2.34. The maximum Gasteiger partial charge on any atom is 0.281 e. The molecule has 0 atom stereocenters. The molecule has 182 valence electrons. The van der Waals surface area contributed by atoms with Gasteiger partial charge in [-0.2, -0.15) is 5.26 Å². The van der Waals surface area contributed by atoms with Crippen molar-refractivity contribution in [1.82, 2.24) is 4.57 Å². The van der Waals surface area contributed by atoms with E-state index in [-0.39, 0.29) is 23.4 Å². The number of benzene rings is 2. The molecular weight excluding hydrogens is 452 g/mol. The fourth-order valence-electron chi connectivity index (χ4n) is 3.51. The summed E-state index contributed by atoms with van der Waals surface area (Å²) in [5.74, 6) is 1.68. The lowest BCUT2D eigenvalue weighted by molar-refractivity contribution is 0.354. The molecule has 0 saturated heterocycles. The molecule has 0 amide bonds. The number of rotatable bonds is 9. The zero-order chi connectivity index (χ0) is 25.5. The number of aromatic hydroxyl groups is 1. The van der Waals surface area contributed by atoms with Crippen molar-refractivity contribution in [2.45, 2.75) is 19.9 Å². The van der Waals surface area contributed by atoms with Gasteiger partial charge in [-0.15, -0.1) is 10.2 Å². The van der Waals surface area contributed by atoms with Crippen LogP contribution in [0.4, 0.5) is 11.4 Å². The Kier molecular flexibility index (Phi) is 7.94. The van der Waals surface area contributed by atoms with Gasteiger partial charge in [-0.25, -0.2) is 0 Å². The van der Waals surface area contributed by atoms with Crippen LogP contribution < -0.4 is 24.5 Å². The second kappa shape index (κ2) is 11.1. The van der Waals surface area contributed by atoms with Crippen LogP contribution in [0.1, 0.15) is 16.7 Å². The Morgan fingerprint density at radius 2 is 1.66 bits per heavy atom. The van der Waals surface area contributed by atoms with Gasteiger partial charge in [0.25, 0.3) is 5.56 Å². The second-order valence-corrected chi connectivity index (χ2v) is 7.42. The number of aryl methyl sites for hydroxylation is 1. The first-order chi connectivity index (χ1) is 16.9. The molecule has 3 aromatic rings. The van der Waals surface area contributed by atoms with Gasteiger partial charge in [0.05, 0.1) is 28.4 Å². The topological polar surface area (TPSA) is 128 Å². The molecule has 0 bridgehead atoms. The molecule has 2 aromatic carbocycles. The summed E-state index contributed by atoms with van der Waals surface area (Å²) in [4.78, 5) is 13.2. The van der Waals surface area contributed by atoms with E-state index in [0.717, 1.165) is 10.1 Å². The van der Waals surface area contributed by atoms with Crippen molar-refractivity contribution in [3.05, 3.63) is 63.4 Å². The van der Waals surface area contributed by atoms with E-state index in [4.69, 9.17) is 18.9 Å². The van der Waals surface area contributed by atoms with Crippen molar-refractivity contribution >= 4 is 11.4 Å². The van der Waals surface area contributed by atoms with Crippen LogP contribution in [0, 0.1) is 18.3 Å². The van der Waals surface area contributed by atoms with Crippen molar-refractivity contribution in [2.24, 2.45) is 10.2 Å². The van der Waals surface area contributed by atoms with E-state index in [1.807, 2.05) is 12.1 Å². The third kappa shape index (κ3) is 5.19. The molecule has 0 unspecified atom stereocenters. The van der Waals surface area contributed by atoms with Crippen LogP contribution in [-0.2, 0) is 13.0 Å². The monoisotopic (exact) mass is 478 g/mol. The van der Waals surface area contributed by atoms with E-state index in [1.165, 1.54) is 28.3 Å². The quantitative estimate of drug-likeness (QED) is 0.451. The molecule has 35 heavy (non-hydrogen) atoms. The summed E-state index contributed by atoms with van der Waals surface area (Å²) in [6.45, 7) is 1.64. The Labute approximate surface area is 202 Å². The number of nitrogens with zero attached hydrogens (tertiary/aromatic N) is 4. The highest BCUT2D eigenvalue weighted by atomic mass is 16.5. The molecule has 10 nitrogen and oxygen atoms in total. The van der Waals surface area contributed by atoms with Gasteiger partial charge in [0.1, 0.15) is 28.8 Å². The lowest BCUT2D eigenvalue weighted by atomic mass is 10.1. The Balaban J connectivity index is 2.00. The van der Waals surface area contributed by atoms with Crippen molar-refractivity contribution in [3.8, 4) is 34.9 Å². The number of methoxy groups -OCH3 is 4. The first kappa shape index (κ1) is 25.1. The summed E-state index contributed by atoms with van der Waals surface area (Å²) in [5.41, 5.74) is 0.774. The minimum atomic E-state index is -0.573. The smallest absolute Gasteiger partial charge is 0.281 e. The summed E-state index contributed by atoms with van der Waals surface area (Å²) < 4.78 is 22.2. The molecule has 3 rings (SSSR count). The van der Waals surface area contributed by atoms with Crippen molar-refractivity contribution < 1.29 is 24.1 Å². The van der Waals surface area contributed by atoms with Crippen LogP contribution >= 0.6 is 0 Å². The van der Waals surface area contributed by atoms with Gasteiger partial charge in [-0.3, -0.25) is 9.36 Å². The third-order valence-corrected chi connectivity index (χ3v) is 5.49. The van der Waals surface area contributed by atoms with Crippen LogP contribution in [0.2, 0.25) is 0 Å². The zero-order valence-electron chi connectivity index (χ0n) is 20.2. The summed E-state index contributed by atoms with van der Waals surface area (Å²) in [5, 5.41) is 28.6. The Morgan fingerprint density at radius 1 is 0.943 bits per heavy atom. The van der Waals surface area contributed by atoms with Gasteiger partial charge in [0.15, 0.2) is 17.2 Å². The highest BCUT2D eigenvalue weighted by Gasteiger charge is 2.19. The van der Waals surface area contributed by atoms with Gasteiger partial charge in [-0.05, 0) is 43.2 Å². The fraction of sp³-hybridized carbons (Fsp3) is 0.280. The fourth-order valence-corrected chi connectivity index (χ4v) is 3.51. The maximum absolute atomic E-state index is 13.2. The molecule has 0 radical (unpaired) electrons.